The molecule has 152 valence electrons. The minimum atomic E-state index is -0.166. The molecule has 3 heterocycles. The zero-order chi connectivity index (χ0) is 19.7. The Bertz CT molecular complexity index is 801. The number of aromatic nitrogens is 5. The smallest absolute Gasteiger partial charge is 0.235 e. The maximum absolute atomic E-state index is 5.70. The molecule has 1 saturated carbocycles. The number of hydrogen-bond acceptors (Lipinski definition) is 8. The van der Waals surface area contributed by atoms with Crippen molar-refractivity contribution in [2.75, 3.05) is 25.0 Å². The largest absolute Gasteiger partial charge is 0.381 e. The maximum atomic E-state index is 5.70. The average molecular weight is 405 g/mol. The lowest BCUT2D eigenvalue weighted by atomic mass is 10.1. The molecule has 1 aliphatic carbocycles. The normalized spacial score (nSPS) is 22.8. The Morgan fingerprint density at radius 3 is 2.75 bits per heavy atom. The van der Waals surface area contributed by atoms with Crippen LogP contribution in [0.4, 0.5) is 5.95 Å². The fourth-order valence-electron chi connectivity index (χ4n) is 3.61. The third-order valence-electron chi connectivity index (χ3n) is 5.61. The molecule has 0 amide bonds. The molecule has 1 saturated heterocycles. The average Bonchev–Trinajstić information content (AvgIpc) is 3.11. The topological polar surface area (TPSA) is 87.0 Å². The van der Waals surface area contributed by atoms with E-state index in [4.69, 9.17) is 9.47 Å². The monoisotopic (exact) mass is 404 g/mol. The second-order valence-electron chi connectivity index (χ2n) is 7.94. The number of nitrogens with zero attached hydrogens (tertiary/aromatic N) is 5. The second-order valence-corrected chi connectivity index (χ2v) is 9.12. The van der Waals surface area contributed by atoms with E-state index in [1.165, 1.54) is 0 Å². The van der Waals surface area contributed by atoms with Crippen LogP contribution in [0.3, 0.4) is 0 Å². The first-order valence-corrected chi connectivity index (χ1v) is 10.7. The van der Waals surface area contributed by atoms with E-state index in [1.807, 2.05) is 6.92 Å². The van der Waals surface area contributed by atoms with E-state index in [0.717, 1.165) is 55.6 Å². The van der Waals surface area contributed by atoms with Gasteiger partial charge in [-0.05, 0) is 52.0 Å². The van der Waals surface area contributed by atoms with Gasteiger partial charge in [-0.1, -0.05) is 0 Å². The summed E-state index contributed by atoms with van der Waals surface area (Å²) in [6.45, 7) is 7.84. The molecule has 2 aromatic rings. The van der Waals surface area contributed by atoms with Crippen LogP contribution in [0.5, 0.6) is 0 Å². The molecule has 4 rings (SSSR count). The molecule has 2 aromatic heterocycles. The van der Waals surface area contributed by atoms with Crippen molar-refractivity contribution in [1.29, 1.82) is 0 Å². The highest BCUT2D eigenvalue weighted by molar-refractivity contribution is 8.01. The highest BCUT2D eigenvalue weighted by Gasteiger charge is 2.44. The van der Waals surface area contributed by atoms with Gasteiger partial charge in [0.15, 0.2) is 0 Å². The molecule has 1 N–H and O–H groups in total. The van der Waals surface area contributed by atoms with Crippen molar-refractivity contribution < 1.29 is 9.47 Å². The molecule has 1 aliphatic heterocycles. The van der Waals surface area contributed by atoms with Gasteiger partial charge in [-0.2, -0.15) is 0 Å². The van der Waals surface area contributed by atoms with E-state index in [-0.39, 0.29) is 16.9 Å². The lowest BCUT2D eigenvalue weighted by Crippen LogP contribution is -2.22. The van der Waals surface area contributed by atoms with Gasteiger partial charge in [-0.3, -0.25) is 19.3 Å². The molecule has 0 radical (unpaired) electrons. The summed E-state index contributed by atoms with van der Waals surface area (Å²) < 4.78 is 17.0. The Morgan fingerprint density at radius 1 is 1.32 bits per heavy atom. The molecule has 8 nitrogen and oxygen atoms in total. The SMILES string of the molecule is COC(c1cnc(C)cn1)C(C)SNc1nnc(C2CCOC2)n1C1(C)CC1. The van der Waals surface area contributed by atoms with E-state index in [1.54, 1.807) is 31.5 Å². The van der Waals surface area contributed by atoms with Crippen molar-refractivity contribution in [2.45, 2.75) is 62.8 Å². The first-order chi connectivity index (χ1) is 13.5. The van der Waals surface area contributed by atoms with Crippen molar-refractivity contribution in [2.24, 2.45) is 0 Å². The zero-order valence-electron chi connectivity index (χ0n) is 16.9. The second kappa shape index (κ2) is 7.96. The number of methoxy groups -OCH3 is 1. The van der Waals surface area contributed by atoms with E-state index in [9.17, 15) is 0 Å². The summed E-state index contributed by atoms with van der Waals surface area (Å²) in [4.78, 5) is 8.81. The minimum absolute atomic E-state index is 0.108. The Kier molecular flexibility index (Phi) is 5.57. The lowest BCUT2D eigenvalue weighted by Gasteiger charge is -2.23. The van der Waals surface area contributed by atoms with Gasteiger partial charge in [-0.25, -0.2) is 0 Å². The molecule has 0 aromatic carbocycles. The number of aryl methyl sites for hydroxylation is 1. The quantitative estimate of drug-likeness (QED) is 0.671. The van der Waals surface area contributed by atoms with Crippen molar-refractivity contribution in [3.63, 3.8) is 0 Å². The van der Waals surface area contributed by atoms with Crippen LogP contribution in [0.1, 0.15) is 62.3 Å². The van der Waals surface area contributed by atoms with E-state index in [2.05, 4.69) is 43.3 Å². The summed E-state index contributed by atoms with van der Waals surface area (Å²) in [6.07, 6.45) is 6.70. The van der Waals surface area contributed by atoms with Crippen LogP contribution in [0, 0.1) is 6.92 Å². The zero-order valence-corrected chi connectivity index (χ0v) is 17.7. The molecule has 0 spiro atoms. The van der Waals surface area contributed by atoms with Gasteiger partial charge in [0.2, 0.25) is 5.95 Å². The molecule has 0 bridgehead atoms. The van der Waals surface area contributed by atoms with Gasteiger partial charge in [0.1, 0.15) is 11.9 Å². The maximum Gasteiger partial charge on any atom is 0.235 e. The molecule has 3 atom stereocenters. The van der Waals surface area contributed by atoms with Crippen LogP contribution < -0.4 is 4.72 Å². The highest BCUT2D eigenvalue weighted by atomic mass is 32.2. The third-order valence-corrected chi connectivity index (χ3v) is 6.52. The predicted molar refractivity (Wildman–Crippen MR) is 108 cm³/mol. The molecule has 2 fully saturated rings. The van der Waals surface area contributed by atoms with Crippen LogP contribution in [0.25, 0.3) is 0 Å². The van der Waals surface area contributed by atoms with E-state index >= 15 is 0 Å². The van der Waals surface area contributed by atoms with Gasteiger partial charge in [0.25, 0.3) is 0 Å². The van der Waals surface area contributed by atoms with Crippen LogP contribution in [-0.4, -0.2) is 50.3 Å². The number of rotatable bonds is 8. The predicted octanol–water partition coefficient (Wildman–Crippen LogP) is 3.23. The van der Waals surface area contributed by atoms with Crippen molar-refractivity contribution in [3.05, 3.63) is 29.6 Å². The van der Waals surface area contributed by atoms with Crippen LogP contribution >= 0.6 is 11.9 Å². The molecule has 2 aliphatic rings. The number of ether oxygens (including phenoxy) is 2. The number of nitrogens with one attached hydrogen (secondary N) is 1. The van der Waals surface area contributed by atoms with Gasteiger partial charge >= 0.3 is 0 Å². The molecule has 3 unspecified atom stereocenters. The minimum Gasteiger partial charge on any atom is -0.381 e. The molecule has 9 heteroatoms. The Hall–Kier alpha value is -1.71. The summed E-state index contributed by atoms with van der Waals surface area (Å²) in [7, 11) is 1.70. The Balaban J connectivity index is 1.49. The summed E-state index contributed by atoms with van der Waals surface area (Å²) in [5, 5.41) is 9.09. The van der Waals surface area contributed by atoms with Crippen molar-refractivity contribution >= 4 is 17.9 Å². The molecular formula is C19H28N6O2S. The number of anilines is 1. The van der Waals surface area contributed by atoms with Gasteiger partial charge in [0.05, 0.1) is 29.4 Å². The van der Waals surface area contributed by atoms with Gasteiger partial charge < -0.3 is 9.47 Å². The summed E-state index contributed by atoms with van der Waals surface area (Å²) in [6, 6.07) is 0. The fraction of sp³-hybridized carbons (Fsp3) is 0.684. The van der Waals surface area contributed by atoms with Gasteiger partial charge in [-0.15, -0.1) is 10.2 Å². The summed E-state index contributed by atoms with van der Waals surface area (Å²) in [5.74, 6) is 2.18. The number of hydrogen-bond donors (Lipinski definition) is 1. The van der Waals surface area contributed by atoms with E-state index < -0.39 is 0 Å². The summed E-state index contributed by atoms with van der Waals surface area (Å²) in [5.41, 5.74) is 1.83. The molecule has 28 heavy (non-hydrogen) atoms. The fourth-order valence-corrected chi connectivity index (χ4v) is 4.41. The highest BCUT2D eigenvalue weighted by Crippen LogP contribution is 2.47. The van der Waals surface area contributed by atoms with Gasteiger partial charge in [0, 0.05) is 31.4 Å². The third kappa shape index (κ3) is 3.88. The van der Waals surface area contributed by atoms with Crippen molar-refractivity contribution in [1.82, 2.24) is 24.7 Å². The first-order valence-electron chi connectivity index (χ1n) is 9.78. The van der Waals surface area contributed by atoms with E-state index in [0.29, 0.717) is 5.92 Å². The summed E-state index contributed by atoms with van der Waals surface area (Å²) >= 11 is 1.58. The Labute approximate surface area is 170 Å². The Morgan fingerprint density at radius 2 is 2.14 bits per heavy atom. The molecular weight excluding hydrogens is 376 g/mol. The van der Waals surface area contributed by atoms with Crippen LogP contribution in [0.2, 0.25) is 0 Å². The van der Waals surface area contributed by atoms with Crippen LogP contribution in [0.15, 0.2) is 12.4 Å². The first kappa shape index (κ1) is 19.6. The van der Waals surface area contributed by atoms with Crippen molar-refractivity contribution in [3.8, 4) is 0 Å². The standard InChI is InChI=1S/C19H28N6O2S/c1-12-9-21-15(10-20-12)16(26-4)13(2)28-24-18-23-22-17(14-5-8-27-11-14)25(18)19(3)6-7-19/h9-10,13-14,16H,5-8,11H2,1-4H3,(H,23,24). The lowest BCUT2D eigenvalue weighted by molar-refractivity contribution is 0.101. The van der Waals surface area contributed by atoms with Crippen LogP contribution in [-0.2, 0) is 15.0 Å².